The van der Waals surface area contributed by atoms with Crippen LogP contribution in [0.5, 0.6) is 0 Å². The molecule has 2 rings (SSSR count). The van der Waals surface area contributed by atoms with E-state index in [4.69, 9.17) is 4.42 Å². The van der Waals surface area contributed by atoms with Crippen molar-refractivity contribution in [3.05, 3.63) is 24.2 Å². The number of furan rings is 1. The lowest BCUT2D eigenvalue weighted by molar-refractivity contribution is 0.0941. The summed E-state index contributed by atoms with van der Waals surface area (Å²) in [5, 5.41) is 2.95. The molecule has 0 spiro atoms. The Morgan fingerprint density at radius 3 is 3.25 bits per heavy atom. The molecule has 1 atom stereocenters. The molecule has 1 aromatic heterocycles. The van der Waals surface area contributed by atoms with E-state index in [0.29, 0.717) is 11.6 Å². The Hall–Kier alpha value is -1.29. The predicted molar refractivity (Wildman–Crippen MR) is 61.3 cm³/mol. The van der Waals surface area contributed by atoms with Gasteiger partial charge in [0.2, 0.25) is 0 Å². The monoisotopic (exact) mass is 222 g/mol. The van der Waals surface area contributed by atoms with Crippen molar-refractivity contribution in [2.75, 3.05) is 19.6 Å². The Morgan fingerprint density at radius 1 is 1.69 bits per heavy atom. The molecular weight excluding hydrogens is 204 g/mol. The molecule has 1 aliphatic rings. The SMILES string of the molecule is CCN1CCCC1CNC(=O)c1ccoc1. The van der Waals surface area contributed by atoms with Crippen molar-refractivity contribution in [1.82, 2.24) is 10.2 Å². The summed E-state index contributed by atoms with van der Waals surface area (Å²) < 4.78 is 4.88. The van der Waals surface area contributed by atoms with E-state index in [2.05, 4.69) is 17.1 Å². The van der Waals surface area contributed by atoms with Gasteiger partial charge in [-0.15, -0.1) is 0 Å². The van der Waals surface area contributed by atoms with Gasteiger partial charge in [-0.25, -0.2) is 0 Å². The van der Waals surface area contributed by atoms with Gasteiger partial charge in [0.1, 0.15) is 6.26 Å². The van der Waals surface area contributed by atoms with E-state index >= 15 is 0 Å². The first-order chi connectivity index (χ1) is 7.81. The highest BCUT2D eigenvalue weighted by molar-refractivity contribution is 5.93. The molecule has 16 heavy (non-hydrogen) atoms. The molecule has 0 saturated carbocycles. The first kappa shape index (κ1) is 11.2. The number of carbonyl (C=O) groups is 1. The van der Waals surface area contributed by atoms with E-state index < -0.39 is 0 Å². The molecule has 1 unspecified atom stereocenters. The molecule has 1 aromatic rings. The van der Waals surface area contributed by atoms with E-state index in [1.807, 2.05) is 0 Å². The first-order valence-corrected chi connectivity index (χ1v) is 5.85. The fraction of sp³-hybridized carbons (Fsp3) is 0.583. The highest BCUT2D eigenvalue weighted by atomic mass is 16.3. The largest absolute Gasteiger partial charge is 0.472 e. The summed E-state index contributed by atoms with van der Waals surface area (Å²) in [4.78, 5) is 14.1. The van der Waals surface area contributed by atoms with Crippen molar-refractivity contribution in [3.63, 3.8) is 0 Å². The van der Waals surface area contributed by atoms with Crippen LogP contribution in [0, 0.1) is 0 Å². The zero-order valence-corrected chi connectivity index (χ0v) is 9.61. The first-order valence-electron chi connectivity index (χ1n) is 5.85. The molecule has 0 aromatic carbocycles. The number of amides is 1. The molecule has 1 saturated heterocycles. The summed E-state index contributed by atoms with van der Waals surface area (Å²) in [6.45, 7) is 5.11. The summed E-state index contributed by atoms with van der Waals surface area (Å²) in [6, 6.07) is 2.18. The van der Waals surface area contributed by atoms with Gasteiger partial charge >= 0.3 is 0 Å². The molecule has 4 heteroatoms. The van der Waals surface area contributed by atoms with Gasteiger partial charge in [0, 0.05) is 12.6 Å². The van der Waals surface area contributed by atoms with E-state index in [0.717, 1.165) is 19.6 Å². The van der Waals surface area contributed by atoms with Crippen LogP contribution in [0.15, 0.2) is 23.0 Å². The van der Waals surface area contributed by atoms with Crippen LogP contribution in [-0.2, 0) is 0 Å². The van der Waals surface area contributed by atoms with Crippen molar-refractivity contribution in [3.8, 4) is 0 Å². The van der Waals surface area contributed by atoms with Crippen LogP contribution in [0.1, 0.15) is 30.1 Å². The standard InChI is InChI=1S/C12H18N2O2/c1-2-14-6-3-4-11(14)8-13-12(15)10-5-7-16-9-10/h5,7,9,11H,2-4,6,8H2,1H3,(H,13,15). The number of rotatable bonds is 4. The Kier molecular flexibility index (Phi) is 3.62. The highest BCUT2D eigenvalue weighted by Crippen LogP contribution is 2.15. The fourth-order valence-electron chi connectivity index (χ4n) is 2.25. The summed E-state index contributed by atoms with van der Waals surface area (Å²) in [5.41, 5.74) is 0.598. The van der Waals surface area contributed by atoms with Gasteiger partial charge in [-0.3, -0.25) is 9.69 Å². The number of hydrogen-bond donors (Lipinski definition) is 1. The van der Waals surface area contributed by atoms with Crippen molar-refractivity contribution in [1.29, 1.82) is 0 Å². The predicted octanol–water partition coefficient (Wildman–Crippen LogP) is 1.49. The lowest BCUT2D eigenvalue weighted by Crippen LogP contribution is -2.39. The van der Waals surface area contributed by atoms with Crippen LogP contribution >= 0.6 is 0 Å². The van der Waals surface area contributed by atoms with E-state index in [9.17, 15) is 4.79 Å². The molecule has 4 nitrogen and oxygen atoms in total. The molecule has 1 fully saturated rings. The minimum absolute atomic E-state index is 0.0447. The molecule has 0 aliphatic carbocycles. The second-order valence-electron chi connectivity index (χ2n) is 4.15. The lowest BCUT2D eigenvalue weighted by atomic mass is 10.2. The average Bonchev–Trinajstić information content (AvgIpc) is 2.96. The Bertz CT molecular complexity index is 335. The third kappa shape index (κ3) is 2.44. The summed E-state index contributed by atoms with van der Waals surface area (Å²) in [6.07, 6.45) is 5.41. The molecule has 1 amide bonds. The van der Waals surface area contributed by atoms with E-state index in [1.54, 1.807) is 6.07 Å². The minimum Gasteiger partial charge on any atom is -0.472 e. The van der Waals surface area contributed by atoms with Crippen LogP contribution in [0.2, 0.25) is 0 Å². The number of nitrogens with one attached hydrogen (secondary N) is 1. The summed E-state index contributed by atoms with van der Waals surface area (Å²) in [7, 11) is 0. The average molecular weight is 222 g/mol. The van der Waals surface area contributed by atoms with Gasteiger partial charge in [-0.2, -0.15) is 0 Å². The lowest BCUT2D eigenvalue weighted by Gasteiger charge is -2.22. The van der Waals surface area contributed by atoms with Crippen LogP contribution in [-0.4, -0.2) is 36.5 Å². The Morgan fingerprint density at radius 2 is 2.56 bits per heavy atom. The molecule has 88 valence electrons. The van der Waals surface area contributed by atoms with Crippen LogP contribution < -0.4 is 5.32 Å². The van der Waals surface area contributed by atoms with Gasteiger partial charge in [-0.1, -0.05) is 6.92 Å². The maximum absolute atomic E-state index is 11.7. The molecule has 0 radical (unpaired) electrons. The number of hydrogen-bond acceptors (Lipinski definition) is 3. The normalized spacial score (nSPS) is 21.2. The number of likely N-dealkylation sites (N-methyl/N-ethyl adjacent to an activating group) is 1. The second kappa shape index (κ2) is 5.16. The maximum Gasteiger partial charge on any atom is 0.254 e. The minimum atomic E-state index is -0.0447. The molecule has 0 bridgehead atoms. The Balaban J connectivity index is 1.81. The van der Waals surface area contributed by atoms with Crippen molar-refractivity contribution in [2.24, 2.45) is 0 Å². The maximum atomic E-state index is 11.7. The van der Waals surface area contributed by atoms with Gasteiger partial charge in [0.05, 0.1) is 11.8 Å². The summed E-state index contributed by atoms with van der Waals surface area (Å²) in [5.74, 6) is -0.0447. The Labute approximate surface area is 95.6 Å². The van der Waals surface area contributed by atoms with Crippen LogP contribution in [0.25, 0.3) is 0 Å². The molecule has 2 heterocycles. The molecular formula is C12H18N2O2. The highest BCUT2D eigenvalue weighted by Gasteiger charge is 2.23. The zero-order valence-electron chi connectivity index (χ0n) is 9.61. The quantitative estimate of drug-likeness (QED) is 0.839. The van der Waals surface area contributed by atoms with E-state index in [1.165, 1.54) is 25.4 Å². The van der Waals surface area contributed by atoms with Crippen molar-refractivity contribution in [2.45, 2.75) is 25.8 Å². The molecule has 1 aliphatic heterocycles. The zero-order chi connectivity index (χ0) is 11.4. The van der Waals surface area contributed by atoms with Crippen LogP contribution in [0.3, 0.4) is 0 Å². The number of nitrogens with zero attached hydrogens (tertiary/aromatic N) is 1. The van der Waals surface area contributed by atoms with Crippen molar-refractivity contribution < 1.29 is 9.21 Å². The smallest absolute Gasteiger partial charge is 0.254 e. The van der Waals surface area contributed by atoms with Gasteiger partial charge < -0.3 is 9.73 Å². The summed E-state index contributed by atoms with van der Waals surface area (Å²) >= 11 is 0. The van der Waals surface area contributed by atoms with Gasteiger partial charge in [0.15, 0.2) is 0 Å². The molecule has 1 N–H and O–H groups in total. The number of likely N-dealkylation sites (tertiary alicyclic amines) is 1. The fourth-order valence-corrected chi connectivity index (χ4v) is 2.25. The van der Waals surface area contributed by atoms with Crippen molar-refractivity contribution >= 4 is 5.91 Å². The van der Waals surface area contributed by atoms with Gasteiger partial charge in [0.25, 0.3) is 5.91 Å². The number of carbonyl (C=O) groups excluding carboxylic acids is 1. The third-order valence-corrected chi connectivity index (χ3v) is 3.19. The van der Waals surface area contributed by atoms with Gasteiger partial charge in [-0.05, 0) is 32.0 Å². The van der Waals surface area contributed by atoms with E-state index in [-0.39, 0.29) is 5.91 Å². The third-order valence-electron chi connectivity index (χ3n) is 3.19. The topological polar surface area (TPSA) is 45.5 Å². The second-order valence-corrected chi connectivity index (χ2v) is 4.15. The van der Waals surface area contributed by atoms with Crippen LogP contribution in [0.4, 0.5) is 0 Å².